The van der Waals surface area contributed by atoms with E-state index in [1.807, 2.05) is 14.1 Å². The minimum absolute atomic E-state index is 0. The van der Waals surface area contributed by atoms with Gasteiger partial charge in [-0.15, -0.1) is 12.4 Å². The lowest BCUT2D eigenvalue weighted by Crippen LogP contribution is -2.52. The number of amides is 1. The molecule has 1 aromatic rings. The van der Waals surface area contributed by atoms with Crippen LogP contribution >= 0.6 is 35.6 Å². The van der Waals surface area contributed by atoms with Gasteiger partial charge < -0.3 is 4.90 Å². The number of halogens is 3. The molecule has 1 aliphatic carbocycles. The molecule has 0 aromatic heterocycles. The summed E-state index contributed by atoms with van der Waals surface area (Å²) in [5.74, 6) is -0.181. The number of carbonyl (C=O) groups is 1. The maximum absolute atomic E-state index is 12.8. The monoisotopic (exact) mass is 380 g/mol. The first kappa shape index (κ1) is 20.5. The van der Waals surface area contributed by atoms with Gasteiger partial charge in [0, 0.05) is 11.6 Å². The van der Waals surface area contributed by atoms with Crippen LogP contribution in [0.25, 0.3) is 0 Å². The van der Waals surface area contributed by atoms with Crippen LogP contribution in [0.1, 0.15) is 36.0 Å². The lowest BCUT2D eigenvalue weighted by molar-refractivity contribution is -0.144. The lowest BCUT2D eigenvalue weighted by Gasteiger charge is -2.41. The second kappa shape index (κ2) is 9.09. The van der Waals surface area contributed by atoms with Crippen LogP contribution in [0, 0.1) is 0 Å². The molecule has 0 bridgehead atoms. The topological polar surface area (TPSA) is 32.8 Å². The fraction of sp³-hybridized carbons (Fsp3) is 0.562. The van der Waals surface area contributed by atoms with Gasteiger partial charge in [-0.25, -0.2) is 5.06 Å². The van der Waals surface area contributed by atoms with Gasteiger partial charge in [-0.3, -0.25) is 9.63 Å². The Kier molecular flexibility index (Phi) is 8.11. The van der Waals surface area contributed by atoms with Crippen LogP contribution in [0.5, 0.6) is 0 Å². The van der Waals surface area contributed by atoms with E-state index in [-0.39, 0.29) is 24.4 Å². The fourth-order valence-corrected chi connectivity index (χ4v) is 3.39. The number of hydrogen-bond acceptors (Lipinski definition) is 3. The summed E-state index contributed by atoms with van der Waals surface area (Å²) in [6, 6.07) is 5.23. The van der Waals surface area contributed by atoms with Gasteiger partial charge in [-0.1, -0.05) is 36.0 Å². The molecule has 1 amide bonds. The number of hydroxylamine groups is 2. The minimum atomic E-state index is -0.181. The molecule has 1 saturated carbocycles. The Morgan fingerprint density at radius 3 is 2.26 bits per heavy atom. The number of rotatable bonds is 4. The van der Waals surface area contributed by atoms with Gasteiger partial charge in [0.2, 0.25) is 0 Å². The number of nitrogens with zero attached hydrogens (tertiary/aromatic N) is 2. The van der Waals surface area contributed by atoms with Crippen molar-refractivity contribution in [1.82, 2.24) is 9.96 Å². The highest BCUT2D eigenvalue weighted by atomic mass is 35.5. The maximum atomic E-state index is 12.8. The molecule has 0 saturated heterocycles. The van der Waals surface area contributed by atoms with Crippen molar-refractivity contribution in [1.29, 1.82) is 0 Å². The zero-order valence-corrected chi connectivity index (χ0v) is 15.9. The second-order valence-corrected chi connectivity index (χ2v) is 6.64. The van der Waals surface area contributed by atoms with E-state index in [0.29, 0.717) is 21.7 Å². The van der Waals surface area contributed by atoms with Crippen LogP contribution in [-0.4, -0.2) is 49.2 Å². The summed E-state index contributed by atoms with van der Waals surface area (Å²) in [6.45, 7) is 0. The Labute approximate surface area is 154 Å². The molecule has 130 valence electrons. The van der Waals surface area contributed by atoms with E-state index in [9.17, 15) is 4.79 Å². The van der Waals surface area contributed by atoms with Crippen molar-refractivity contribution >= 4 is 41.5 Å². The van der Waals surface area contributed by atoms with Crippen LogP contribution in [0.4, 0.5) is 0 Å². The molecule has 2 rings (SSSR count). The quantitative estimate of drug-likeness (QED) is 0.729. The molecule has 0 radical (unpaired) electrons. The third-order valence-corrected chi connectivity index (χ3v) is 4.96. The molecule has 2 atom stereocenters. The first-order chi connectivity index (χ1) is 10.5. The van der Waals surface area contributed by atoms with E-state index >= 15 is 0 Å². The van der Waals surface area contributed by atoms with E-state index in [4.69, 9.17) is 28.0 Å². The average Bonchev–Trinajstić information content (AvgIpc) is 2.51. The Hall–Kier alpha value is -0.520. The molecule has 1 fully saturated rings. The summed E-state index contributed by atoms with van der Waals surface area (Å²) in [6.07, 6.45) is 4.28. The van der Waals surface area contributed by atoms with Crippen LogP contribution < -0.4 is 0 Å². The fourth-order valence-electron chi connectivity index (χ4n) is 3.09. The molecular weight excluding hydrogens is 359 g/mol. The number of carbonyl (C=O) groups excluding carboxylic acids is 1. The zero-order valence-electron chi connectivity index (χ0n) is 13.6. The van der Waals surface area contributed by atoms with Gasteiger partial charge in [-0.05, 0) is 45.1 Å². The number of benzene rings is 1. The van der Waals surface area contributed by atoms with Crippen molar-refractivity contribution in [3.05, 3.63) is 33.8 Å². The van der Waals surface area contributed by atoms with E-state index in [1.165, 1.54) is 18.6 Å². The summed E-state index contributed by atoms with van der Waals surface area (Å²) in [5, 5.41) is 2.30. The highest BCUT2D eigenvalue weighted by molar-refractivity contribution is 6.42. The standard InChI is InChI=1S/C16H22Cl2N2O2.ClH/c1-19(2)14-6-4-5-7-15(14)20(22-3)16(21)11-8-9-12(17)13(18)10-11;/h8-10,14-15H,4-7H2,1-3H3;1H/t14-,15-;/m1./s1. The summed E-state index contributed by atoms with van der Waals surface area (Å²) in [7, 11) is 5.62. The molecule has 23 heavy (non-hydrogen) atoms. The van der Waals surface area contributed by atoms with Crippen molar-refractivity contribution in [3.8, 4) is 0 Å². The predicted molar refractivity (Wildman–Crippen MR) is 96.6 cm³/mol. The Morgan fingerprint density at radius 2 is 1.74 bits per heavy atom. The smallest absolute Gasteiger partial charge is 0.277 e. The first-order valence-corrected chi connectivity index (χ1v) is 8.20. The first-order valence-electron chi connectivity index (χ1n) is 7.45. The summed E-state index contributed by atoms with van der Waals surface area (Å²) in [5.41, 5.74) is 0.485. The van der Waals surface area contributed by atoms with E-state index in [1.54, 1.807) is 18.2 Å². The lowest BCUT2D eigenvalue weighted by atomic mass is 9.89. The molecular formula is C16H23Cl3N2O2. The summed E-state index contributed by atoms with van der Waals surface area (Å²) in [4.78, 5) is 20.4. The minimum Gasteiger partial charge on any atom is -0.304 e. The predicted octanol–water partition coefficient (Wildman–Crippen LogP) is 4.29. The van der Waals surface area contributed by atoms with Gasteiger partial charge in [0.1, 0.15) is 0 Å². The van der Waals surface area contributed by atoms with Gasteiger partial charge in [0.25, 0.3) is 5.91 Å². The molecule has 0 spiro atoms. The molecule has 0 unspecified atom stereocenters. The van der Waals surface area contributed by atoms with Crippen molar-refractivity contribution in [2.45, 2.75) is 37.8 Å². The molecule has 1 aliphatic rings. The molecule has 0 heterocycles. The Morgan fingerprint density at radius 1 is 1.13 bits per heavy atom. The summed E-state index contributed by atoms with van der Waals surface area (Å²) >= 11 is 11.9. The highest BCUT2D eigenvalue weighted by Crippen LogP contribution is 2.29. The molecule has 7 heteroatoms. The van der Waals surface area contributed by atoms with E-state index in [2.05, 4.69) is 4.90 Å². The number of hydrogen-bond donors (Lipinski definition) is 0. The molecule has 0 aliphatic heterocycles. The van der Waals surface area contributed by atoms with Gasteiger partial charge in [-0.2, -0.15) is 0 Å². The summed E-state index contributed by atoms with van der Waals surface area (Å²) < 4.78 is 0. The highest BCUT2D eigenvalue weighted by Gasteiger charge is 2.35. The molecule has 4 nitrogen and oxygen atoms in total. The third kappa shape index (κ3) is 4.74. The number of likely N-dealkylation sites (N-methyl/N-ethyl adjacent to an activating group) is 1. The maximum Gasteiger partial charge on any atom is 0.277 e. The van der Waals surface area contributed by atoms with Gasteiger partial charge in [0.15, 0.2) is 0 Å². The van der Waals surface area contributed by atoms with Crippen molar-refractivity contribution in [3.63, 3.8) is 0 Å². The largest absolute Gasteiger partial charge is 0.304 e. The second-order valence-electron chi connectivity index (χ2n) is 5.83. The Bertz CT molecular complexity index is 540. The zero-order chi connectivity index (χ0) is 16.3. The van der Waals surface area contributed by atoms with E-state index in [0.717, 1.165) is 19.3 Å². The molecule has 1 aromatic carbocycles. The normalized spacial score (nSPS) is 21.0. The van der Waals surface area contributed by atoms with Crippen LogP contribution in [0.15, 0.2) is 18.2 Å². The SMILES string of the molecule is CON(C(=O)c1ccc(Cl)c(Cl)c1)[C@@H]1CCCC[C@H]1N(C)C.Cl. The van der Waals surface area contributed by atoms with Crippen molar-refractivity contribution in [2.75, 3.05) is 21.2 Å². The van der Waals surface area contributed by atoms with E-state index < -0.39 is 0 Å². The average molecular weight is 382 g/mol. The molecule has 0 N–H and O–H groups in total. The van der Waals surface area contributed by atoms with Crippen LogP contribution in [0.3, 0.4) is 0 Å². The van der Waals surface area contributed by atoms with Crippen molar-refractivity contribution in [2.24, 2.45) is 0 Å². The van der Waals surface area contributed by atoms with Crippen LogP contribution in [-0.2, 0) is 4.84 Å². The van der Waals surface area contributed by atoms with Gasteiger partial charge in [0.05, 0.1) is 23.2 Å². The third-order valence-electron chi connectivity index (χ3n) is 4.22. The van der Waals surface area contributed by atoms with Crippen molar-refractivity contribution < 1.29 is 9.63 Å². The Balaban J connectivity index is 0.00000264. The van der Waals surface area contributed by atoms with Gasteiger partial charge >= 0.3 is 0 Å². The van der Waals surface area contributed by atoms with Crippen LogP contribution in [0.2, 0.25) is 10.0 Å².